The number of amides is 1. The lowest BCUT2D eigenvalue weighted by atomic mass is 10.1. The molecule has 1 aromatic carbocycles. The Labute approximate surface area is 127 Å². The molecule has 1 amide bonds. The second-order valence-corrected chi connectivity index (χ2v) is 7.15. The first kappa shape index (κ1) is 17.5. The highest BCUT2D eigenvalue weighted by Crippen LogP contribution is 2.23. The van der Waals surface area contributed by atoms with Gasteiger partial charge in [-0.25, -0.2) is 8.42 Å². The van der Waals surface area contributed by atoms with Crippen LogP contribution in [0.4, 0.5) is 5.69 Å². The number of hydrogen-bond acceptors (Lipinski definition) is 3. The summed E-state index contributed by atoms with van der Waals surface area (Å²) in [6.07, 6.45) is 1.92. The Hall–Kier alpha value is -1.56. The number of rotatable bonds is 6. The van der Waals surface area contributed by atoms with Gasteiger partial charge >= 0.3 is 0 Å². The van der Waals surface area contributed by atoms with Gasteiger partial charge in [0, 0.05) is 6.54 Å². The largest absolute Gasteiger partial charge is 0.354 e. The quantitative estimate of drug-likeness (QED) is 0.873. The van der Waals surface area contributed by atoms with Crippen molar-refractivity contribution in [2.24, 2.45) is 0 Å². The average molecular weight is 312 g/mol. The molecular formula is C15H24N2O3S. The van der Waals surface area contributed by atoms with Crippen LogP contribution >= 0.6 is 0 Å². The van der Waals surface area contributed by atoms with Gasteiger partial charge in [0.2, 0.25) is 15.9 Å². The van der Waals surface area contributed by atoms with Gasteiger partial charge in [0.15, 0.2) is 0 Å². The normalized spacial score (nSPS) is 12.8. The fourth-order valence-corrected chi connectivity index (χ4v) is 3.23. The van der Waals surface area contributed by atoms with Crippen LogP contribution in [0.1, 0.15) is 31.4 Å². The summed E-state index contributed by atoms with van der Waals surface area (Å²) in [6.45, 7) is 7.96. The minimum atomic E-state index is -3.54. The number of carbonyl (C=O) groups is 1. The van der Waals surface area contributed by atoms with E-state index in [1.807, 2.05) is 26.8 Å². The first-order chi connectivity index (χ1) is 9.68. The van der Waals surface area contributed by atoms with Crippen LogP contribution in [0.5, 0.6) is 0 Å². The Balaban J connectivity index is 3.18. The second-order valence-electron chi connectivity index (χ2n) is 5.29. The first-order valence-corrected chi connectivity index (χ1v) is 8.87. The zero-order chi connectivity index (χ0) is 16.2. The predicted octanol–water partition coefficient (Wildman–Crippen LogP) is 1.98. The van der Waals surface area contributed by atoms with Crippen LogP contribution in [0.3, 0.4) is 0 Å². The molecule has 1 aromatic rings. The smallest absolute Gasteiger partial charge is 0.243 e. The van der Waals surface area contributed by atoms with Crippen LogP contribution in [0.2, 0.25) is 0 Å². The van der Waals surface area contributed by atoms with Crippen molar-refractivity contribution in [2.45, 2.75) is 40.2 Å². The molecule has 0 aliphatic carbocycles. The number of benzene rings is 1. The standard InChI is InChI=1S/C15H24N2O3S/c1-6-9-16-15(18)13(4)17(21(5,19)20)14-8-7-11(2)12(3)10-14/h7-8,10,13H,6,9H2,1-5H3,(H,16,18)/t13-/m1/s1. The van der Waals surface area contributed by atoms with E-state index in [0.29, 0.717) is 12.2 Å². The van der Waals surface area contributed by atoms with Gasteiger partial charge < -0.3 is 5.32 Å². The van der Waals surface area contributed by atoms with E-state index in [1.54, 1.807) is 19.1 Å². The molecule has 0 aromatic heterocycles. The molecule has 0 unspecified atom stereocenters. The first-order valence-electron chi connectivity index (χ1n) is 7.02. The van der Waals surface area contributed by atoms with Gasteiger partial charge in [-0.2, -0.15) is 0 Å². The van der Waals surface area contributed by atoms with Crippen LogP contribution in [0.25, 0.3) is 0 Å². The molecule has 0 saturated carbocycles. The van der Waals surface area contributed by atoms with Gasteiger partial charge in [-0.1, -0.05) is 13.0 Å². The lowest BCUT2D eigenvalue weighted by Gasteiger charge is -2.28. The molecule has 1 rings (SSSR count). The third-order valence-electron chi connectivity index (χ3n) is 3.38. The van der Waals surface area contributed by atoms with Crippen LogP contribution < -0.4 is 9.62 Å². The zero-order valence-electron chi connectivity index (χ0n) is 13.3. The number of carbonyl (C=O) groups excluding carboxylic acids is 1. The maximum atomic E-state index is 12.1. The molecule has 5 nitrogen and oxygen atoms in total. The van der Waals surface area contributed by atoms with Crippen molar-refractivity contribution in [1.29, 1.82) is 0 Å². The summed E-state index contributed by atoms with van der Waals surface area (Å²) in [5.41, 5.74) is 2.58. The van der Waals surface area contributed by atoms with Crippen LogP contribution in [0.15, 0.2) is 18.2 Å². The van der Waals surface area contributed by atoms with Crippen molar-refractivity contribution in [3.05, 3.63) is 29.3 Å². The molecule has 6 heteroatoms. The molecule has 0 fully saturated rings. The molecule has 0 radical (unpaired) electrons. The lowest BCUT2D eigenvalue weighted by molar-refractivity contribution is -0.121. The summed E-state index contributed by atoms with van der Waals surface area (Å²) in [5, 5.41) is 2.74. The number of hydrogen-bond donors (Lipinski definition) is 1. The Kier molecular flexibility index (Phi) is 5.78. The van der Waals surface area contributed by atoms with Crippen LogP contribution in [-0.4, -0.2) is 33.2 Å². The molecular weight excluding hydrogens is 288 g/mol. The Morgan fingerprint density at radius 2 is 1.90 bits per heavy atom. The van der Waals surface area contributed by atoms with Gasteiger partial charge in [-0.05, 0) is 50.5 Å². The van der Waals surface area contributed by atoms with Gasteiger partial charge in [-0.15, -0.1) is 0 Å². The summed E-state index contributed by atoms with van der Waals surface area (Å²) in [6, 6.07) is 4.60. The fourth-order valence-electron chi connectivity index (χ4n) is 2.07. The SMILES string of the molecule is CCCNC(=O)[C@@H](C)N(c1ccc(C)c(C)c1)S(C)(=O)=O. The Morgan fingerprint density at radius 1 is 1.29 bits per heavy atom. The highest BCUT2D eigenvalue weighted by atomic mass is 32.2. The molecule has 21 heavy (non-hydrogen) atoms. The number of nitrogens with one attached hydrogen (secondary N) is 1. The third-order valence-corrected chi connectivity index (χ3v) is 4.62. The lowest BCUT2D eigenvalue weighted by Crippen LogP contribution is -2.48. The molecule has 1 atom stereocenters. The molecule has 0 saturated heterocycles. The summed E-state index contributed by atoms with van der Waals surface area (Å²) in [4.78, 5) is 12.1. The van der Waals surface area contributed by atoms with Crippen LogP contribution in [-0.2, 0) is 14.8 Å². The highest BCUT2D eigenvalue weighted by molar-refractivity contribution is 7.92. The minimum Gasteiger partial charge on any atom is -0.354 e. The zero-order valence-corrected chi connectivity index (χ0v) is 14.1. The van der Waals surface area contributed by atoms with E-state index in [4.69, 9.17) is 0 Å². The fraction of sp³-hybridized carbons (Fsp3) is 0.533. The molecule has 1 N–H and O–H groups in total. The molecule has 118 valence electrons. The molecule has 0 aliphatic heterocycles. The van der Waals surface area contributed by atoms with E-state index in [1.165, 1.54) is 4.31 Å². The maximum Gasteiger partial charge on any atom is 0.243 e. The van der Waals surface area contributed by atoms with Crippen LogP contribution in [0, 0.1) is 13.8 Å². The Bertz CT molecular complexity index is 611. The van der Waals surface area contributed by atoms with E-state index in [2.05, 4.69) is 5.32 Å². The number of aryl methyl sites for hydroxylation is 2. The van der Waals surface area contributed by atoms with E-state index >= 15 is 0 Å². The summed E-state index contributed by atoms with van der Waals surface area (Å²) in [7, 11) is -3.54. The second kappa shape index (κ2) is 6.93. The van der Waals surface area contributed by atoms with Crippen molar-refractivity contribution in [1.82, 2.24) is 5.32 Å². The minimum absolute atomic E-state index is 0.291. The average Bonchev–Trinajstić information content (AvgIpc) is 2.38. The Morgan fingerprint density at radius 3 is 2.38 bits per heavy atom. The number of anilines is 1. The number of nitrogens with zero attached hydrogens (tertiary/aromatic N) is 1. The maximum absolute atomic E-state index is 12.1. The van der Waals surface area contributed by atoms with E-state index in [-0.39, 0.29) is 5.91 Å². The monoisotopic (exact) mass is 312 g/mol. The summed E-state index contributed by atoms with van der Waals surface area (Å²) < 4.78 is 25.4. The van der Waals surface area contributed by atoms with Crippen molar-refractivity contribution >= 4 is 21.6 Å². The van der Waals surface area contributed by atoms with E-state index < -0.39 is 16.1 Å². The van der Waals surface area contributed by atoms with Gasteiger partial charge in [0.05, 0.1) is 11.9 Å². The van der Waals surface area contributed by atoms with Crippen molar-refractivity contribution in [2.75, 3.05) is 17.1 Å². The predicted molar refractivity (Wildman–Crippen MR) is 86.0 cm³/mol. The highest BCUT2D eigenvalue weighted by Gasteiger charge is 2.28. The molecule has 0 heterocycles. The molecule has 0 bridgehead atoms. The molecule has 0 spiro atoms. The summed E-state index contributed by atoms with van der Waals surface area (Å²) >= 11 is 0. The van der Waals surface area contributed by atoms with E-state index in [0.717, 1.165) is 23.8 Å². The van der Waals surface area contributed by atoms with Crippen molar-refractivity contribution in [3.63, 3.8) is 0 Å². The number of sulfonamides is 1. The summed E-state index contributed by atoms with van der Waals surface area (Å²) in [5.74, 6) is -0.291. The van der Waals surface area contributed by atoms with Crippen molar-refractivity contribution < 1.29 is 13.2 Å². The molecule has 0 aliphatic rings. The van der Waals surface area contributed by atoms with E-state index in [9.17, 15) is 13.2 Å². The van der Waals surface area contributed by atoms with Crippen molar-refractivity contribution in [3.8, 4) is 0 Å². The van der Waals surface area contributed by atoms with Gasteiger partial charge in [0.25, 0.3) is 0 Å². The third kappa shape index (κ3) is 4.46. The van der Waals surface area contributed by atoms with Gasteiger partial charge in [0.1, 0.15) is 6.04 Å². The van der Waals surface area contributed by atoms with Gasteiger partial charge in [-0.3, -0.25) is 9.10 Å². The topological polar surface area (TPSA) is 66.5 Å².